The van der Waals surface area contributed by atoms with Crippen molar-refractivity contribution in [2.24, 2.45) is 0 Å². The Hall–Kier alpha value is -3.53. The number of hydrogen-bond acceptors (Lipinski definition) is 3. The molecule has 0 spiro atoms. The molecular weight excluding hydrogens is 384 g/mol. The third kappa shape index (κ3) is 4.64. The normalized spacial score (nSPS) is 10.9. The number of fused-ring (bicyclic) bond motifs is 1. The maximum absolute atomic E-state index is 6.05. The van der Waals surface area contributed by atoms with Crippen LogP contribution in [-0.4, -0.2) is 23.3 Å². The number of rotatable bonds is 9. The lowest BCUT2D eigenvalue weighted by molar-refractivity contribution is 0.283. The number of aryl methyl sites for hydroxylation is 2. The SMILES string of the molecule is C=CCc1ccc(OCCCn2c(-c3cccc(C)c3)nc3ccccc32)c(OC)c1. The van der Waals surface area contributed by atoms with Gasteiger partial charge in [-0.25, -0.2) is 4.98 Å². The number of aromatic nitrogens is 2. The molecule has 31 heavy (non-hydrogen) atoms. The summed E-state index contributed by atoms with van der Waals surface area (Å²) in [5.74, 6) is 2.52. The minimum absolute atomic E-state index is 0.594. The van der Waals surface area contributed by atoms with Crippen LogP contribution in [0.5, 0.6) is 11.5 Å². The van der Waals surface area contributed by atoms with Crippen molar-refractivity contribution >= 4 is 11.0 Å². The smallest absolute Gasteiger partial charge is 0.161 e. The molecule has 0 aliphatic rings. The van der Waals surface area contributed by atoms with E-state index in [1.54, 1.807) is 7.11 Å². The molecule has 4 heteroatoms. The van der Waals surface area contributed by atoms with Gasteiger partial charge in [0.05, 0.1) is 24.8 Å². The van der Waals surface area contributed by atoms with Gasteiger partial charge in [0, 0.05) is 12.1 Å². The second kappa shape index (κ2) is 9.52. The van der Waals surface area contributed by atoms with Gasteiger partial charge in [-0.3, -0.25) is 0 Å². The van der Waals surface area contributed by atoms with Gasteiger partial charge in [-0.15, -0.1) is 6.58 Å². The first-order chi connectivity index (χ1) is 15.2. The molecule has 1 heterocycles. The molecule has 0 amide bonds. The predicted octanol–water partition coefficient (Wildman–Crippen LogP) is 6.22. The van der Waals surface area contributed by atoms with Crippen LogP contribution in [0.4, 0.5) is 0 Å². The van der Waals surface area contributed by atoms with Crippen LogP contribution in [0, 0.1) is 6.92 Å². The fourth-order valence-corrected chi connectivity index (χ4v) is 3.84. The summed E-state index contributed by atoms with van der Waals surface area (Å²) in [7, 11) is 1.67. The summed E-state index contributed by atoms with van der Waals surface area (Å²) in [6.07, 6.45) is 3.55. The van der Waals surface area contributed by atoms with Crippen molar-refractivity contribution in [3.8, 4) is 22.9 Å². The summed E-state index contributed by atoms with van der Waals surface area (Å²) >= 11 is 0. The minimum atomic E-state index is 0.594. The Bertz CT molecular complexity index is 1190. The molecular formula is C27H28N2O2. The van der Waals surface area contributed by atoms with Crippen LogP contribution in [0.25, 0.3) is 22.4 Å². The average Bonchev–Trinajstić information content (AvgIpc) is 3.16. The number of para-hydroxylation sites is 2. The fraction of sp³-hybridized carbons (Fsp3) is 0.222. The van der Waals surface area contributed by atoms with Crippen LogP contribution in [-0.2, 0) is 13.0 Å². The number of ether oxygens (including phenoxy) is 2. The van der Waals surface area contributed by atoms with Crippen LogP contribution in [0.1, 0.15) is 17.5 Å². The molecule has 158 valence electrons. The lowest BCUT2D eigenvalue weighted by Crippen LogP contribution is -2.07. The van der Waals surface area contributed by atoms with Gasteiger partial charge in [0.15, 0.2) is 11.5 Å². The van der Waals surface area contributed by atoms with Gasteiger partial charge in [0.2, 0.25) is 0 Å². The van der Waals surface area contributed by atoms with E-state index in [0.29, 0.717) is 6.61 Å². The van der Waals surface area contributed by atoms with Gasteiger partial charge >= 0.3 is 0 Å². The van der Waals surface area contributed by atoms with Gasteiger partial charge in [-0.05, 0) is 55.7 Å². The molecule has 0 aliphatic carbocycles. The van der Waals surface area contributed by atoms with Gasteiger partial charge in [0.25, 0.3) is 0 Å². The van der Waals surface area contributed by atoms with Gasteiger partial charge in [-0.1, -0.05) is 48.0 Å². The monoisotopic (exact) mass is 412 g/mol. The molecule has 4 rings (SSSR count). The third-order valence-corrected chi connectivity index (χ3v) is 5.32. The summed E-state index contributed by atoms with van der Waals surface area (Å²) in [4.78, 5) is 4.91. The van der Waals surface area contributed by atoms with E-state index in [0.717, 1.165) is 58.9 Å². The van der Waals surface area contributed by atoms with Gasteiger partial charge < -0.3 is 14.0 Å². The van der Waals surface area contributed by atoms with Crippen LogP contribution in [0.3, 0.4) is 0 Å². The zero-order valence-electron chi connectivity index (χ0n) is 18.2. The van der Waals surface area contributed by atoms with E-state index in [1.165, 1.54) is 5.56 Å². The summed E-state index contributed by atoms with van der Waals surface area (Å²) in [5.41, 5.74) is 5.68. The molecule has 0 saturated heterocycles. The molecule has 1 aromatic heterocycles. The number of imidazole rings is 1. The number of methoxy groups -OCH3 is 1. The number of nitrogens with zero attached hydrogens (tertiary/aromatic N) is 2. The first-order valence-electron chi connectivity index (χ1n) is 10.6. The largest absolute Gasteiger partial charge is 0.493 e. The molecule has 0 saturated carbocycles. The summed E-state index contributed by atoms with van der Waals surface area (Å²) in [6.45, 7) is 7.32. The number of allylic oxidation sites excluding steroid dienone is 1. The zero-order valence-corrected chi connectivity index (χ0v) is 18.2. The quantitative estimate of drug-likeness (QED) is 0.242. The molecule has 0 N–H and O–H groups in total. The maximum atomic E-state index is 6.05. The molecule has 4 nitrogen and oxygen atoms in total. The van der Waals surface area contributed by atoms with Crippen molar-refractivity contribution in [1.29, 1.82) is 0 Å². The van der Waals surface area contributed by atoms with E-state index in [-0.39, 0.29) is 0 Å². The lowest BCUT2D eigenvalue weighted by Gasteiger charge is -2.13. The zero-order chi connectivity index (χ0) is 21.6. The van der Waals surface area contributed by atoms with E-state index >= 15 is 0 Å². The number of hydrogen-bond donors (Lipinski definition) is 0. The topological polar surface area (TPSA) is 36.3 Å². The van der Waals surface area contributed by atoms with Crippen molar-refractivity contribution in [2.45, 2.75) is 26.3 Å². The third-order valence-electron chi connectivity index (χ3n) is 5.32. The van der Waals surface area contributed by atoms with Crippen LogP contribution < -0.4 is 9.47 Å². The summed E-state index contributed by atoms with van der Waals surface area (Å²) in [5, 5.41) is 0. The highest BCUT2D eigenvalue weighted by atomic mass is 16.5. The van der Waals surface area contributed by atoms with Gasteiger partial charge in [0.1, 0.15) is 5.82 Å². The molecule has 0 unspecified atom stereocenters. The Morgan fingerprint density at radius 1 is 1.00 bits per heavy atom. The lowest BCUT2D eigenvalue weighted by atomic mass is 10.1. The second-order valence-electron chi connectivity index (χ2n) is 7.63. The van der Waals surface area contributed by atoms with Crippen molar-refractivity contribution in [3.63, 3.8) is 0 Å². The molecule has 0 aliphatic heterocycles. The molecule has 0 radical (unpaired) electrons. The maximum Gasteiger partial charge on any atom is 0.161 e. The van der Waals surface area contributed by atoms with Crippen molar-refractivity contribution in [3.05, 3.63) is 90.5 Å². The Kier molecular flexibility index (Phi) is 6.37. The first-order valence-corrected chi connectivity index (χ1v) is 10.6. The summed E-state index contributed by atoms with van der Waals surface area (Å²) in [6, 6.07) is 22.8. The summed E-state index contributed by atoms with van der Waals surface area (Å²) < 4.78 is 13.8. The molecule has 4 aromatic rings. The highest BCUT2D eigenvalue weighted by Crippen LogP contribution is 2.29. The predicted molar refractivity (Wildman–Crippen MR) is 127 cm³/mol. The van der Waals surface area contributed by atoms with Crippen molar-refractivity contribution < 1.29 is 9.47 Å². The standard InChI is InChI=1S/C27H28N2O2/c1-4-9-21-14-15-25(26(19-21)30-3)31-17-8-16-29-24-13-6-5-12-23(24)28-27(29)22-11-7-10-20(2)18-22/h4-7,10-15,18-19H,1,8-9,16-17H2,2-3H3. The Balaban J connectivity index is 1.51. The van der Waals surface area contributed by atoms with Crippen LogP contribution in [0.2, 0.25) is 0 Å². The van der Waals surface area contributed by atoms with E-state index in [4.69, 9.17) is 14.5 Å². The molecule has 0 fully saturated rings. The van der Waals surface area contributed by atoms with E-state index in [2.05, 4.69) is 66.6 Å². The van der Waals surface area contributed by atoms with Crippen LogP contribution in [0.15, 0.2) is 79.4 Å². The van der Waals surface area contributed by atoms with E-state index in [9.17, 15) is 0 Å². The highest BCUT2D eigenvalue weighted by molar-refractivity contribution is 5.80. The molecule has 0 atom stereocenters. The highest BCUT2D eigenvalue weighted by Gasteiger charge is 2.13. The molecule has 0 bridgehead atoms. The van der Waals surface area contributed by atoms with Gasteiger partial charge in [-0.2, -0.15) is 0 Å². The van der Waals surface area contributed by atoms with Crippen molar-refractivity contribution in [2.75, 3.05) is 13.7 Å². The molecule has 3 aromatic carbocycles. The van der Waals surface area contributed by atoms with E-state index < -0.39 is 0 Å². The van der Waals surface area contributed by atoms with Crippen LogP contribution >= 0.6 is 0 Å². The van der Waals surface area contributed by atoms with Crippen molar-refractivity contribution in [1.82, 2.24) is 9.55 Å². The first kappa shape index (κ1) is 20.7. The second-order valence-corrected chi connectivity index (χ2v) is 7.63. The Morgan fingerprint density at radius 2 is 1.87 bits per heavy atom. The number of benzene rings is 3. The minimum Gasteiger partial charge on any atom is -0.493 e. The Labute approximate surface area is 183 Å². The fourth-order valence-electron chi connectivity index (χ4n) is 3.84. The Morgan fingerprint density at radius 3 is 2.68 bits per heavy atom. The van der Waals surface area contributed by atoms with E-state index in [1.807, 2.05) is 24.3 Å². The average molecular weight is 413 g/mol.